The molecule has 0 saturated carbocycles. The van der Waals surface area contributed by atoms with Gasteiger partial charge >= 0.3 is 7.82 Å². The van der Waals surface area contributed by atoms with Crippen molar-refractivity contribution in [3.8, 4) is 0 Å². The summed E-state index contributed by atoms with van der Waals surface area (Å²) in [5.41, 5.74) is 0. The van der Waals surface area contributed by atoms with Crippen molar-refractivity contribution in [3.05, 3.63) is 85.1 Å². The Kier molecular flexibility index (Phi) is 38.5. The molecule has 0 aliphatic rings. The molecule has 8 nitrogen and oxygen atoms in total. The summed E-state index contributed by atoms with van der Waals surface area (Å²) < 4.78 is 23.5. The van der Waals surface area contributed by atoms with Crippen LogP contribution in [0.15, 0.2) is 85.1 Å². The number of likely N-dealkylation sites (N-methyl/N-ethyl adjacent to an activating group) is 1. The van der Waals surface area contributed by atoms with Crippen molar-refractivity contribution < 1.29 is 32.9 Å². The number of nitrogens with zero attached hydrogens (tertiary/aromatic N) is 1. The summed E-state index contributed by atoms with van der Waals surface area (Å²) in [5.74, 6) is -0.235. The lowest BCUT2D eigenvalue weighted by Crippen LogP contribution is -2.45. The SMILES string of the molecule is CC/C=C\C/C=C\C/C=C\C/C=C\CCCCC(=O)NC(COP(=O)(O)OCC[N+](C)(C)C)C(O)/C=C/CC/C=C/CC/C=C/CCCCCCCCCCCCC. The molecule has 1 amide bonds. The number of rotatable bonds is 40. The number of amides is 1. The zero-order valence-corrected chi connectivity index (χ0v) is 38.6. The third-order valence-electron chi connectivity index (χ3n) is 9.58. The van der Waals surface area contributed by atoms with Crippen LogP contribution in [0.25, 0.3) is 0 Å². The van der Waals surface area contributed by atoms with E-state index in [0.29, 0.717) is 17.4 Å². The smallest absolute Gasteiger partial charge is 0.387 e. The van der Waals surface area contributed by atoms with Gasteiger partial charge in [-0.15, -0.1) is 0 Å². The van der Waals surface area contributed by atoms with Gasteiger partial charge in [0.1, 0.15) is 13.2 Å². The van der Waals surface area contributed by atoms with Gasteiger partial charge in [-0.3, -0.25) is 13.8 Å². The van der Waals surface area contributed by atoms with E-state index in [2.05, 4.69) is 92.1 Å². The monoisotopic (exact) mass is 832 g/mol. The lowest BCUT2D eigenvalue weighted by molar-refractivity contribution is -0.870. The number of nitrogens with one attached hydrogen (secondary N) is 1. The average molecular weight is 832 g/mol. The van der Waals surface area contributed by atoms with E-state index < -0.39 is 20.0 Å². The number of carbonyl (C=O) groups excluding carboxylic acids is 1. The molecule has 0 fully saturated rings. The molecule has 0 aliphatic heterocycles. The molecule has 0 aromatic rings. The predicted octanol–water partition coefficient (Wildman–Crippen LogP) is 13.0. The lowest BCUT2D eigenvalue weighted by Gasteiger charge is -2.25. The van der Waals surface area contributed by atoms with Crippen LogP contribution in [-0.4, -0.2) is 73.4 Å². The molecule has 0 spiro atoms. The van der Waals surface area contributed by atoms with Gasteiger partial charge in [-0.05, 0) is 83.5 Å². The van der Waals surface area contributed by atoms with E-state index in [1.54, 1.807) is 6.08 Å². The Hall–Kier alpha value is -2.32. The van der Waals surface area contributed by atoms with Crippen molar-refractivity contribution in [2.24, 2.45) is 0 Å². The molecule has 9 heteroatoms. The predicted molar refractivity (Wildman–Crippen MR) is 249 cm³/mol. The lowest BCUT2D eigenvalue weighted by atomic mass is 10.1. The maximum absolute atomic E-state index is 12.8. The van der Waals surface area contributed by atoms with Crippen molar-refractivity contribution in [2.75, 3.05) is 40.9 Å². The normalized spacial score (nSPS) is 15.1. The fraction of sp³-hybridized carbons (Fsp3) is 0.694. The van der Waals surface area contributed by atoms with E-state index in [1.165, 1.54) is 77.0 Å². The van der Waals surface area contributed by atoms with Gasteiger partial charge in [0.2, 0.25) is 5.91 Å². The first-order valence-electron chi connectivity index (χ1n) is 23.0. The maximum atomic E-state index is 12.8. The molecule has 0 aromatic carbocycles. The molecule has 0 aromatic heterocycles. The van der Waals surface area contributed by atoms with Gasteiger partial charge in [0.15, 0.2) is 0 Å². The standard InChI is InChI=1S/C49H87N2O6P/c1-6-8-10-12-14-16-18-20-22-23-24-25-26-27-29-30-32-34-36-38-40-42-48(52)47(46-57-58(54,55)56-45-44-51(3,4)5)50-49(53)43-41-39-37-35-33-31-28-21-19-17-15-13-11-9-7-2/h9,11,15,17,21,26-28,32-35,40,42,47-48,52H,6-8,10,12-14,16,18-20,22-25,29-31,36-39,41,43-46H2,1-5H3,(H-,50,53,54,55)/p+1/b11-9-,17-15-,27-26+,28-21-,34-32+,35-33-,42-40+. The topological polar surface area (TPSA) is 105 Å². The van der Waals surface area contributed by atoms with Gasteiger partial charge in [0.05, 0.1) is 39.9 Å². The Morgan fingerprint density at radius 2 is 1.05 bits per heavy atom. The summed E-state index contributed by atoms with van der Waals surface area (Å²) in [4.78, 5) is 23.1. The third kappa shape index (κ3) is 41.8. The molecule has 3 unspecified atom stereocenters. The third-order valence-corrected chi connectivity index (χ3v) is 10.6. The summed E-state index contributed by atoms with van der Waals surface area (Å²) in [6, 6.07) is -0.895. The summed E-state index contributed by atoms with van der Waals surface area (Å²) >= 11 is 0. The van der Waals surface area contributed by atoms with Crippen molar-refractivity contribution in [1.82, 2.24) is 5.32 Å². The maximum Gasteiger partial charge on any atom is 0.472 e. The number of hydrogen-bond donors (Lipinski definition) is 3. The number of allylic oxidation sites excluding steroid dienone is 13. The summed E-state index contributed by atoms with van der Waals surface area (Å²) in [6.45, 7) is 4.61. The first-order valence-corrected chi connectivity index (χ1v) is 24.5. The molecule has 0 radical (unpaired) electrons. The fourth-order valence-electron chi connectivity index (χ4n) is 5.94. The van der Waals surface area contributed by atoms with Gasteiger partial charge in [-0.25, -0.2) is 4.57 Å². The minimum atomic E-state index is -4.37. The summed E-state index contributed by atoms with van der Waals surface area (Å²) in [5, 5.41) is 13.8. The van der Waals surface area contributed by atoms with Crippen LogP contribution in [-0.2, 0) is 18.4 Å². The van der Waals surface area contributed by atoms with Crippen LogP contribution in [0.3, 0.4) is 0 Å². The van der Waals surface area contributed by atoms with Crippen LogP contribution in [0.1, 0.15) is 168 Å². The molecule has 3 N–H and O–H groups in total. The molecule has 0 bridgehead atoms. The molecule has 0 aliphatic carbocycles. The van der Waals surface area contributed by atoms with E-state index in [0.717, 1.165) is 64.2 Å². The minimum Gasteiger partial charge on any atom is -0.387 e. The first-order chi connectivity index (χ1) is 28.0. The molecule has 58 heavy (non-hydrogen) atoms. The fourth-order valence-corrected chi connectivity index (χ4v) is 6.68. The van der Waals surface area contributed by atoms with E-state index in [9.17, 15) is 19.4 Å². The quantitative estimate of drug-likeness (QED) is 0.0246. The highest BCUT2D eigenvalue weighted by Crippen LogP contribution is 2.43. The average Bonchev–Trinajstić information content (AvgIpc) is 3.17. The zero-order valence-electron chi connectivity index (χ0n) is 37.8. The van der Waals surface area contributed by atoms with Gasteiger partial charge in [0, 0.05) is 6.42 Å². The molecular formula is C49H88N2O6P+. The number of aliphatic hydroxyl groups is 1. The number of quaternary nitrogens is 1. The summed E-state index contributed by atoms with van der Waals surface area (Å²) in [7, 11) is 1.50. The largest absolute Gasteiger partial charge is 0.472 e. The number of phosphoric acid groups is 1. The zero-order chi connectivity index (χ0) is 42.8. The van der Waals surface area contributed by atoms with Crippen LogP contribution in [0.4, 0.5) is 0 Å². The Balaban J connectivity index is 4.55. The van der Waals surface area contributed by atoms with Crippen molar-refractivity contribution in [2.45, 2.75) is 180 Å². The minimum absolute atomic E-state index is 0.0410. The number of unbranched alkanes of at least 4 members (excludes halogenated alkanes) is 15. The van der Waals surface area contributed by atoms with Crippen molar-refractivity contribution >= 4 is 13.7 Å². The Labute approximate surface area is 356 Å². The van der Waals surface area contributed by atoms with E-state index >= 15 is 0 Å². The second-order valence-corrected chi connectivity index (χ2v) is 17.8. The Bertz CT molecular complexity index is 1220. The highest BCUT2D eigenvalue weighted by atomic mass is 31.2. The van der Waals surface area contributed by atoms with Gasteiger partial charge in [0.25, 0.3) is 0 Å². The van der Waals surface area contributed by atoms with Crippen LogP contribution >= 0.6 is 7.82 Å². The first kappa shape index (κ1) is 55.7. The van der Waals surface area contributed by atoms with Crippen molar-refractivity contribution in [1.29, 1.82) is 0 Å². The van der Waals surface area contributed by atoms with Crippen LogP contribution < -0.4 is 5.32 Å². The van der Waals surface area contributed by atoms with Crippen molar-refractivity contribution in [3.63, 3.8) is 0 Å². The molecule has 3 atom stereocenters. The highest BCUT2D eigenvalue weighted by Gasteiger charge is 2.27. The van der Waals surface area contributed by atoms with Gasteiger partial charge in [-0.1, -0.05) is 163 Å². The molecular weight excluding hydrogens is 744 g/mol. The number of carbonyl (C=O) groups is 1. The molecule has 334 valence electrons. The van der Waals surface area contributed by atoms with Crippen LogP contribution in [0.2, 0.25) is 0 Å². The number of hydrogen-bond acceptors (Lipinski definition) is 5. The van der Waals surface area contributed by atoms with E-state index in [-0.39, 0.29) is 25.5 Å². The Morgan fingerprint density at radius 3 is 1.59 bits per heavy atom. The van der Waals surface area contributed by atoms with E-state index in [1.807, 2.05) is 27.2 Å². The van der Waals surface area contributed by atoms with Gasteiger partial charge in [-0.2, -0.15) is 0 Å². The molecule has 0 saturated heterocycles. The van der Waals surface area contributed by atoms with E-state index in [4.69, 9.17) is 9.05 Å². The highest BCUT2D eigenvalue weighted by molar-refractivity contribution is 7.47. The van der Waals surface area contributed by atoms with Crippen LogP contribution in [0.5, 0.6) is 0 Å². The summed E-state index contributed by atoms with van der Waals surface area (Å²) in [6.07, 6.45) is 55.3. The molecule has 0 heterocycles. The second kappa shape index (κ2) is 40.1. The Morgan fingerprint density at radius 1 is 0.603 bits per heavy atom. The van der Waals surface area contributed by atoms with Gasteiger partial charge < -0.3 is 19.8 Å². The number of phosphoric ester groups is 1. The number of aliphatic hydroxyl groups excluding tert-OH is 1. The van der Waals surface area contributed by atoms with Crippen LogP contribution in [0, 0.1) is 0 Å². The molecule has 0 rings (SSSR count). The second-order valence-electron chi connectivity index (χ2n) is 16.4.